The lowest BCUT2D eigenvalue weighted by Crippen LogP contribution is -2.46. The summed E-state index contributed by atoms with van der Waals surface area (Å²) in [5.41, 5.74) is 6.80. The first-order chi connectivity index (χ1) is 12.4. The zero-order chi connectivity index (χ0) is 19.1. The highest BCUT2D eigenvalue weighted by atomic mass is 35.5. The number of nitrogens with zero attached hydrogens (tertiary/aromatic N) is 1. The molecule has 150 valence electrons. The third kappa shape index (κ3) is 7.04. The number of amides is 3. The monoisotopic (exact) mass is 414 g/mol. The number of thioether (sulfide) groups is 1. The van der Waals surface area contributed by atoms with Crippen molar-refractivity contribution in [3.63, 3.8) is 0 Å². The van der Waals surface area contributed by atoms with Crippen molar-refractivity contribution in [3.05, 3.63) is 29.8 Å². The molecule has 3 amide bonds. The minimum atomic E-state index is -0.647. The maximum absolute atomic E-state index is 12.5. The number of nitrogens with two attached hydrogens (primary N) is 1. The molecule has 1 atom stereocenters. The van der Waals surface area contributed by atoms with E-state index in [1.54, 1.807) is 24.3 Å². The summed E-state index contributed by atoms with van der Waals surface area (Å²) in [4.78, 5) is 38.2. The van der Waals surface area contributed by atoms with Gasteiger partial charge in [-0.15, -0.1) is 12.4 Å². The molecule has 1 aliphatic heterocycles. The van der Waals surface area contributed by atoms with Gasteiger partial charge in [0.15, 0.2) is 0 Å². The van der Waals surface area contributed by atoms with Crippen molar-refractivity contribution in [1.29, 1.82) is 0 Å². The molecule has 0 unspecified atom stereocenters. The Labute approximate surface area is 170 Å². The minimum absolute atomic E-state index is 0. The molecule has 27 heavy (non-hydrogen) atoms. The molecule has 1 aliphatic rings. The van der Waals surface area contributed by atoms with E-state index in [1.807, 2.05) is 30.5 Å². The summed E-state index contributed by atoms with van der Waals surface area (Å²) >= 11 is 1.84. The zero-order valence-electron chi connectivity index (χ0n) is 15.6. The minimum Gasteiger partial charge on any atom is -0.346 e. The van der Waals surface area contributed by atoms with E-state index in [4.69, 9.17) is 5.73 Å². The highest BCUT2D eigenvalue weighted by molar-refractivity contribution is 7.99. The van der Waals surface area contributed by atoms with Crippen molar-refractivity contribution in [3.8, 4) is 0 Å². The lowest BCUT2D eigenvalue weighted by Gasteiger charge is -2.26. The molecular weight excluding hydrogens is 388 g/mol. The summed E-state index contributed by atoms with van der Waals surface area (Å²) < 4.78 is 0. The van der Waals surface area contributed by atoms with Crippen LogP contribution in [0.1, 0.15) is 24.2 Å². The van der Waals surface area contributed by atoms with Gasteiger partial charge in [0.05, 0.1) is 12.6 Å². The first-order valence-corrected chi connectivity index (χ1v) is 9.84. The second kappa shape index (κ2) is 11.2. The third-order valence-electron chi connectivity index (χ3n) is 4.14. The molecule has 0 aliphatic carbocycles. The van der Waals surface area contributed by atoms with Crippen molar-refractivity contribution in [2.45, 2.75) is 19.9 Å². The highest BCUT2D eigenvalue weighted by Crippen LogP contribution is 2.16. The van der Waals surface area contributed by atoms with Crippen molar-refractivity contribution in [1.82, 2.24) is 10.2 Å². The van der Waals surface area contributed by atoms with Crippen molar-refractivity contribution in [2.75, 3.05) is 36.5 Å². The molecule has 1 aromatic carbocycles. The van der Waals surface area contributed by atoms with E-state index < -0.39 is 6.04 Å². The van der Waals surface area contributed by atoms with Gasteiger partial charge in [-0.25, -0.2) is 0 Å². The van der Waals surface area contributed by atoms with Crippen molar-refractivity contribution < 1.29 is 14.4 Å². The zero-order valence-corrected chi connectivity index (χ0v) is 17.2. The fourth-order valence-electron chi connectivity index (χ4n) is 2.47. The van der Waals surface area contributed by atoms with Gasteiger partial charge in [-0.2, -0.15) is 11.8 Å². The molecule has 1 saturated heterocycles. The number of rotatable bonds is 6. The van der Waals surface area contributed by atoms with E-state index >= 15 is 0 Å². The molecule has 1 heterocycles. The van der Waals surface area contributed by atoms with Gasteiger partial charge in [0.1, 0.15) is 0 Å². The summed E-state index contributed by atoms with van der Waals surface area (Å²) in [7, 11) is 0. The van der Waals surface area contributed by atoms with Crippen LogP contribution in [0.2, 0.25) is 0 Å². The molecule has 2 rings (SSSR count). The summed E-state index contributed by atoms with van der Waals surface area (Å²) in [6.45, 7) is 4.99. The van der Waals surface area contributed by atoms with Crippen molar-refractivity contribution >= 4 is 47.6 Å². The standard InChI is InChI=1S/C18H26N4O3S.ClH/c1-12(2)16(19)17(24)20-11-15(23)21-14-5-3-4-13(10-14)18(25)22-6-8-26-9-7-22;/h3-5,10,12,16H,6-9,11,19H2,1-2H3,(H,20,24)(H,21,23);1H/t16-;/m0./s1. The van der Waals surface area contributed by atoms with Gasteiger partial charge in [-0.05, 0) is 24.1 Å². The predicted molar refractivity (Wildman–Crippen MR) is 111 cm³/mol. The van der Waals surface area contributed by atoms with Gasteiger partial charge in [0.25, 0.3) is 5.91 Å². The van der Waals surface area contributed by atoms with E-state index in [2.05, 4.69) is 10.6 Å². The van der Waals surface area contributed by atoms with Gasteiger partial charge in [-0.3, -0.25) is 14.4 Å². The quantitative estimate of drug-likeness (QED) is 0.651. The van der Waals surface area contributed by atoms with Crippen LogP contribution in [0.5, 0.6) is 0 Å². The second-order valence-electron chi connectivity index (χ2n) is 6.52. The highest BCUT2D eigenvalue weighted by Gasteiger charge is 2.19. The fraction of sp³-hybridized carbons (Fsp3) is 0.500. The first kappa shape index (κ1) is 23.3. The van der Waals surface area contributed by atoms with Crippen LogP contribution in [-0.4, -0.2) is 59.8 Å². The maximum Gasteiger partial charge on any atom is 0.253 e. The van der Waals surface area contributed by atoms with Gasteiger partial charge in [0.2, 0.25) is 11.8 Å². The van der Waals surface area contributed by atoms with Crippen LogP contribution in [0.15, 0.2) is 24.3 Å². The lowest BCUT2D eigenvalue weighted by molar-refractivity contribution is -0.125. The Morgan fingerprint density at radius 2 is 1.89 bits per heavy atom. The molecule has 9 heteroatoms. The number of hydrogen-bond donors (Lipinski definition) is 3. The molecule has 0 aromatic heterocycles. The van der Waals surface area contributed by atoms with E-state index in [9.17, 15) is 14.4 Å². The number of hydrogen-bond acceptors (Lipinski definition) is 5. The number of carbonyl (C=O) groups is 3. The Kier molecular flexibility index (Phi) is 9.62. The molecule has 1 aromatic rings. The van der Waals surface area contributed by atoms with Gasteiger partial charge < -0.3 is 21.3 Å². The second-order valence-corrected chi connectivity index (χ2v) is 7.75. The van der Waals surface area contributed by atoms with Crippen LogP contribution >= 0.6 is 24.2 Å². The maximum atomic E-state index is 12.5. The summed E-state index contributed by atoms with van der Waals surface area (Å²) in [5.74, 6) is 1.13. The first-order valence-electron chi connectivity index (χ1n) is 8.68. The molecule has 4 N–H and O–H groups in total. The number of nitrogens with one attached hydrogen (secondary N) is 2. The number of benzene rings is 1. The van der Waals surface area contributed by atoms with Crippen LogP contribution < -0.4 is 16.4 Å². The van der Waals surface area contributed by atoms with E-state index in [0.717, 1.165) is 24.6 Å². The molecule has 0 spiro atoms. The Balaban J connectivity index is 0.00000364. The van der Waals surface area contributed by atoms with Crippen LogP contribution in [0.3, 0.4) is 0 Å². The van der Waals surface area contributed by atoms with Crippen molar-refractivity contribution in [2.24, 2.45) is 11.7 Å². The third-order valence-corrected chi connectivity index (χ3v) is 5.08. The smallest absolute Gasteiger partial charge is 0.253 e. The van der Waals surface area contributed by atoms with E-state index in [-0.39, 0.29) is 42.6 Å². The van der Waals surface area contributed by atoms with Crippen LogP contribution in [-0.2, 0) is 9.59 Å². The molecule has 0 radical (unpaired) electrons. The Bertz CT molecular complexity index is 666. The summed E-state index contributed by atoms with van der Waals surface area (Å²) in [5, 5.41) is 5.21. The molecule has 7 nitrogen and oxygen atoms in total. The molecule has 1 fully saturated rings. The topological polar surface area (TPSA) is 105 Å². The Morgan fingerprint density at radius 3 is 2.52 bits per heavy atom. The lowest BCUT2D eigenvalue weighted by atomic mass is 10.1. The van der Waals surface area contributed by atoms with Crippen LogP contribution in [0.4, 0.5) is 5.69 Å². The SMILES string of the molecule is CC(C)[C@H](N)C(=O)NCC(=O)Nc1cccc(C(=O)N2CCSCC2)c1.Cl. The average Bonchev–Trinajstić information content (AvgIpc) is 2.65. The van der Waals surface area contributed by atoms with Gasteiger partial charge in [-0.1, -0.05) is 19.9 Å². The van der Waals surface area contributed by atoms with E-state index in [0.29, 0.717) is 11.3 Å². The summed E-state index contributed by atoms with van der Waals surface area (Å²) in [6, 6.07) is 6.19. The van der Waals surface area contributed by atoms with E-state index in [1.165, 1.54) is 0 Å². The predicted octanol–water partition coefficient (Wildman–Crippen LogP) is 1.34. The molecular formula is C18H27ClN4O3S. The molecule has 0 bridgehead atoms. The largest absolute Gasteiger partial charge is 0.346 e. The normalized spacial score (nSPS) is 14.9. The Hall–Kier alpha value is -1.77. The Morgan fingerprint density at radius 1 is 1.22 bits per heavy atom. The number of halogens is 1. The van der Waals surface area contributed by atoms with Gasteiger partial charge >= 0.3 is 0 Å². The van der Waals surface area contributed by atoms with Crippen LogP contribution in [0.25, 0.3) is 0 Å². The number of anilines is 1. The van der Waals surface area contributed by atoms with Crippen LogP contribution in [0, 0.1) is 5.92 Å². The number of carbonyl (C=O) groups excluding carboxylic acids is 3. The van der Waals surface area contributed by atoms with Gasteiger partial charge in [0, 0.05) is 35.8 Å². The molecule has 0 saturated carbocycles. The fourth-order valence-corrected chi connectivity index (χ4v) is 3.38. The average molecular weight is 415 g/mol. The summed E-state index contributed by atoms with van der Waals surface area (Å²) in [6.07, 6.45) is 0.